The zero-order chi connectivity index (χ0) is 20.1. The Hall–Kier alpha value is -2.42. The van der Waals surface area contributed by atoms with Crippen LogP contribution in [0.4, 0.5) is 13.2 Å². The number of hydrogen-bond donors (Lipinski definition) is 1. The number of imidazole rings is 1. The molecule has 1 aromatic carbocycles. The fraction of sp³-hybridized carbons (Fsp3) is 0.526. The number of carbonyl (C=O) groups is 1. The normalized spacial score (nSPS) is 25.1. The number of para-hydroxylation sites is 2. The Morgan fingerprint density at radius 2 is 2.07 bits per heavy atom. The number of carbonyl (C=O) groups excluding carboxylic acids is 1. The summed E-state index contributed by atoms with van der Waals surface area (Å²) in [6.07, 6.45) is -3.37. The van der Waals surface area contributed by atoms with E-state index in [2.05, 4.69) is 10.1 Å². The van der Waals surface area contributed by atoms with Gasteiger partial charge in [-0.15, -0.1) is 0 Å². The molecule has 2 atom stereocenters. The lowest BCUT2D eigenvalue weighted by Gasteiger charge is -2.38. The molecule has 150 valence electrons. The summed E-state index contributed by atoms with van der Waals surface area (Å²) in [4.78, 5) is 17.1. The molecule has 1 aliphatic carbocycles. The molecular weight excluding hydrogens is 373 g/mol. The van der Waals surface area contributed by atoms with E-state index in [-0.39, 0.29) is 30.1 Å². The molecule has 1 N–H and O–H groups in total. The summed E-state index contributed by atoms with van der Waals surface area (Å²) < 4.78 is 43.1. The Morgan fingerprint density at radius 1 is 1.32 bits per heavy atom. The van der Waals surface area contributed by atoms with Gasteiger partial charge in [0.15, 0.2) is 0 Å². The van der Waals surface area contributed by atoms with Crippen molar-refractivity contribution in [3.8, 4) is 0 Å². The topological polar surface area (TPSA) is 70.7 Å². The molecule has 2 aromatic rings. The van der Waals surface area contributed by atoms with Crippen molar-refractivity contribution in [2.75, 3.05) is 0 Å². The van der Waals surface area contributed by atoms with Crippen LogP contribution in [-0.4, -0.2) is 43.2 Å². The van der Waals surface area contributed by atoms with Crippen molar-refractivity contribution >= 4 is 22.7 Å². The molecule has 4 rings (SSSR count). The first kappa shape index (κ1) is 18.9. The van der Waals surface area contributed by atoms with E-state index < -0.39 is 23.7 Å². The van der Waals surface area contributed by atoms with E-state index in [1.807, 2.05) is 24.3 Å². The lowest BCUT2D eigenvalue weighted by atomic mass is 9.80. The zero-order valence-corrected chi connectivity index (χ0v) is 15.4. The first-order valence-electron chi connectivity index (χ1n) is 9.35. The summed E-state index contributed by atoms with van der Waals surface area (Å²) in [6, 6.07) is 7.35. The molecule has 1 saturated carbocycles. The van der Waals surface area contributed by atoms with Crippen molar-refractivity contribution < 1.29 is 23.1 Å². The molecule has 0 unspecified atom stereocenters. The van der Waals surface area contributed by atoms with Gasteiger partial charge in [0.1, 0.15) is 5.82 Å². The van der Waals surface area contributed by atoms with Gasteiger partial charge in [0.05, 0.1) is 17.0 Å². The molecule has 1 aromatic heterocycles. The molecular formula is C19H21F3N4O2. The fourth-order valence-corrected chi connectivity index (χ4v) is 4.26. The molecule has 1 amide bonds. The molecule has 1 fully saturated rings. The predicted molar refractivity (Wildman–Crippen MR) is 96.3 cm³/mol. The van der Waals surface area contributed by atoms with Gasteiger partial charge in [-0.1, -0.05) is 18.6 Å². The molecule has 0 radical (unpaired) electrons. The second kappa shape index (κ2) is 6.58. The minimum Gasteiger partial charge on any atom is -0.362 e. The Bertz CT molecular complexity index is 952. The van der Waals surface area contributed by atoms with Crippen LogP contribution in [0.2, 0.25) is 0 Å². The third-order valence-electron chi connectivity index (χ3n) is 5.66. The van der Waals surface area contributed by atoms with E-state index in [1.54, 1.807) is 11.5 Å². The maximum Gasteiger partial charge on any atom is 0.439 e. The van der Waals surface area contributed by atoms with Crippen LogP contribution in [0.3, 0.4) is 0 Å². The number of alkyl halides is 3. The maximum absolute atomic E-state index is 13.8. The van der Waals surface area contributed by atoms with Crippen molar-refractivity contribution in [1.29, 1.82) is 0 Å². The van der Waals surface area contributed by atoms with Crippen LogP contribution in [-0.2, 0) is 11.3 Å². The van der Waals surface area contributed by atoms with Crippen molar-refractivity contribution in [3.05, 3.63) is 30.1 Å². The van der Waals surface area contributed by atoms with Crippen LogP contribution >= 0.6 is 0 Å². The summed E-state index contributed by atoms with van der Waals surface area (Å²) in [5, 5.41) is 14.8. The zero-order valence-electron chi connectivity index (χ0n) is 15.4. The van der Waals surface area contributed by atoms with Gasteiger partial charge in [0.25, 0.3) is 5.72 Å². The molecule has 2 aliphatic rings. The number of fused-ring (bicyclic) bond motifs is 2. The first-order chi connectivity index (χ1) is 13.2. The number of nitrogens with zero attached hydrogens (tertiary/aromatic N) is 4. The van der Waals surface area contributed by atoms with E-state index in [9.17, 15) is 23.1 Å². The van der Waals surface area contributed by atoms with Gasteiger partial charge in [0.2, 0.25) is 5.91 Å². The number of hydrazone groups is 1. The van der Waals surface area contributed by atoms with Crippen LogP contribution in [0.15, 0.2) is 29.4 Å². The highest BCUT2D eigenvalue weighted by molar-refractivity contribution is 5.93. The van der Waals surface area contributed by atoms with Crippen LogP contribution in [0.1, 0.15) is 37.9 Å². The summed E-state index contributed by atoms with van der Waals surface area (Å²) in [7, 11) is 0. The van der Waals surface area contributed by atoms with E-state index in [1.165, 1.54) is 0 Å². The number of amides is 1. The van der Waals surface area contributed by atoms with Gasteiger partial charge in [-0.2, -0.15) is 23.3 Å². The largest absolute Gasteiger partial charge is 0.439 e. The molecule has 28 heavy (non-hydrogen) atoms. The van der Waals surface area contributed by atoms with Gasteiger partial charge in [0, 0.05) is 18.7 Å². The quantitative estimate of drug-likeness (QED) is 0.868. The van der Waals surface area contributed by atoms with Gasteiger partial charge in [-0.05, 0) is 38.3 Å². The average Bonchev–Trinajstić information content (AvgIpc) is 3.14. The molecule has 6 nitrogen and oxygen atoms in total. The Balaban J connectivity index is 1.59. The molecule has 1 aliphatic heterocycles. The van der Waals surface area contributed by atoms with Crippen LogP contribution in [0.25, 0.3) is 11.0 Å². The maximum atomic E-state index is 13.8. The van der Waals surface area contributed by atoms with Gasteiger partial charge in [-0.25, -0.2) is 4.98 Å². The van der Waals surface area contributed by atoms with Crippen molar-refractivity contribution in [2.24, 2.45) is 11.0 Å². The van der Waals surface area contributed by atoms with Crippen LogP contribution < -0.4 is 0 Å². The fourth-order valence-electron chi connectivity index (χ4n) is 4.26. The van der Waals surface area contributed by atoms with E-state index >= 15 is 0 Å². The molecule has 0 saturated heterocycles. The number of aromatic nitrogens is 2. The minimum absolute atomic E-state index is 0.158. The third kappa shape index (κ3) is 2.80. The van der Waals surface area contributed by atoms with Crippen molar-refractivity contribution in [2.45, 2.75) is 57.5 Å². The van der Waals surface area contributed by atoms with Crippen molar-refractivity contribution in [1.82, 2.24) is 14.6 Å². The highest BCUT2D eigenvalue weighted by Gasteiger charge is 2.68. The van der Waals surface area contributed by atoms with E-state index in [0.29, 0.717) is 25.1 Å². The van der Waals surface area contributed by atoms with Crippen molar-refractivity contribution in [3.63, 3.8) is 0 Å². The second-order valence-corrected chi connectivity index (χ2v) is 7.37. The highest BCUT2D eigenvalue weighted by atomic mass is 19.4. The molecule has 0 bridgehead atoms. The number of aliphatic hydroxyl groups is 1. The Kier molecular flexibility index (Phi) is 4.45. The van der Waals surface area contributed by atoms with E-state index in [0.717, 1.165) is 11.0 Å². The number of hydrogen-bond acceptors (Lipinski definition) is 4. The number of benzene rings is 1. The second-order valence-electron chi connectivity index (χ2n) is 7.37. The van der Waals surface area contributed by atoms with Crippen LogP contribution in [0.5, 0.6) is 0 Å². The Morgan fingerprint density at radius 3 is 2.82 bits per heavy atom. The average molecular weight is 394 g/mol. The Labute approximate surface area is 159 Å². The summed E-state index contributed by atoms with van der Waals surface area (Å²) in [5.74, 6) is -1.36. The summed E-state index contributed by atoms with van der Waals surface area (Å²) in [5.41, 5.74) is -1.43. The third-order valence-corrected chi connectivity index (χ3v) is 5.66. The summed E-state index contributed by atoms with van der Waals surface area (Å²) in [6.45, 7) is 1.94. The first-order valence-corrected chi connectivity index (χ1v) is 9.35. The highest BCUT2D eigenvalue weighted by Crippen LogP contribution is 2.48. The lowest BCUT2D eigenvalue weighted by Crippen LogP contribution is -2.61. The predicted octanol–water partition coefficient (Wildman–Crippen LogP) is 3.37. The SMILES string of the molecule is Cc1nc2ccccc2n1CCC(=O)N1N=C2CCCC[C@@H]2[C@]1(O)C(F)(F)F. The van der Waals surface area contributed by atoms with E-state index in [4.69, 9.17) is 0 Å². The van der Waals surface area contributed by atoms with Gasteiger partial charge >= 0.3 is 6.18 Å². The molecule has 2 heterocycles. The van der Waals surface area contributed by atoms with Crippen LogP contribution in [0, 0.1) is 12.8 Å². The van der Waals surface area contributed by atoms with Gasteiger partial charge in [-0.3, -0.25) is 4.79 Å². The number of rotatable bonds is 3. The lowest BCUT2D eigenvalue weighted by molar-refractivity contribution is -0.317. The monoisotopic (exact) mass is 394 g/mol. The minimum atomic E-state index is -4.98. The molecule has 9 heteroatoms. The number of halogens is 3. The smallest absolute Gasteiger partial charge is 0.362 e. The van der Waals surface area contributed by atoms with Gasteiger partial charge < -0.3 is 9.67 Å². The molecule has 0 spiro atoms. The number of aryl methyl sites for hydroxylation is 2. The summed E-state index contributed by atoms with van der Waals surface area (Å²) >= 11 is 0. The standard InChI is InChI=1S/C19H21F3N4O2/c1-12-23-15-8-4-5-9-16(15)25(12)11-10-17(27)26-18(28,19(20,21)22)13-6-2-3-7-14(13)24-26/h4-5,8-9,13,28H,2-3,6-7,10-11H2,1H3/t13-,18-/m0/s1.